The number of allylic oxidation sites excluding steroid dienone is 2. The van der Waals surface area contributed by atoms with Gasteiger partial charge in [-0.25, -0.2) is 4.79 Å². The lowest BCUT2D eigenvalue weighted by Crippen LogP contribution is -2.29. The minimum atomic E-state index is -0.252. The second-order valence-electron chi connectivity index (χ2n) is 6.55. The van der Waals surface area contributed by atoms with Crippen molar-refractivity contribution in [2.24, 2.45) is 5.92 Å². The molecule has 0 unspecified atom stereocenters. The molecular formula is C21H20BrNO2. The first-order valence-electron chi connectivity index (χ1n) is 8.67. The van der Waals surface area contributed by atoms with Gasteiger partial charge in [0, 0.05) is 16.1 Å². The fraction of sp³-hybridized carbons (Fsp3) is 0.286. The normalized spacial score (nSPS) is 23.5. The summed E-state index contributed by atoms with van der Waals surface area (Å²) in [6.07, 6.45) is 5.58. The average Bonchev–Trinajstić information content (AvgIpc) is 3.11. The highest BCUT2D eigenvalue weighted by atomic mass is 79.9. The molecule has 4 heteroatoms. The van der Waals surface area contributed by atoms with Crippen molar-refractivity contribution < 1.29 is 9.53 Å². The highest BCUT2D eigenvalue weighted by Gasteiger charge is 2.38. The van der Waals surface area contributed by atoms with Crippen LogP contribution < -0.4 is 5.32 Å². The van der Waals surface area contributed by atoms with Crippen molar-refractivity contribution in [1.82, 2.24) is 0 Å². The number of anilines is 1. The lowest BCUT2D eigenvalue weighted by molar-refractivity contribution is 0.0526. The minimum Gasteiger partial charge on any atom is -0.462 e. The standard InChI is InChI=1S/C21H20BrNO2/c1-2-25-21(24)14-9-10-19-18(12-14)16-7-4-8-17(16)20(23-19)13-5-3-6-15(22)11-13/h3-7,9-12,16-17,20,23H,2,8H2,1H3/t16-,17+,20-/m1/s1. The molecule has 0 saturated heterocycles. The summed E-state index contributed by atoms with van der Waals surface area (Å²) in [6, 6.07) is 14.6. The molecule has 1 aliphatic carbocycles. The number of rotatable bonds is 3. The van der Waals surface area contributed by atoms with Gasteiger partial charge in [-0.1, -0.05) is 40.2 Å². The predicted octanol–water partition coefficient (Wildman–Crippen LogP) is 5.45. The number of carbonyl (C=O) groups is 1. The first-order chi connectivity index (χ1) is 12.2. The Bertz CT molecular complexity index is 846. The topological polar surface area (TPSA) is 38.3 Å². The molecule has 0 fully saturated rings. The quantitative estimate of drug-likeness (QED) is 0.552. The molecule has 0 amide bonds. The number of halogens is 1. The second-order valence-corrected chi connectivity index (χ2v) is 7.47. The molecule has 1 N–H and O–H groups in total. The lowest BCUT2D eigenvalue weighted by atomic mass is 9.76. The third-order valence-corrected chi connectivity index (χ3v) is 5.57. The van der Waals surface area contributed by atoms with Crippen LogP contribution in [0.1, 0.15) is 46.8 Å². The molecule has 4 rings (SSSR count). The molecule has 2 aromatic carbocycles. The van der Waals surface area contributed by atoms with E-state index in [1.54, 1.807) is 0 Å². The van der Waals surface area contributed by atoms with Gasteiger partial charge in [0.2, 0.25) is 0 Å². The monoisotopic (exact) mass is 397 g/mol. The van der Waals surface area contributed by atoms with Gasteiger partial charge < -0.3 is 10.1 Å². The maximum atomic E-state index is 12.1. The highest BCUT2D eigenvalue weighted by molar-refractivity contribution is 9.10. The Labute approximate surface area is 156 Å². The maximum absolute atomic E-state index is 12.1. The Morgan fingerprint density at radius 3 is 2.96 bits per heavy atom. The molecule has 3 nitrogen and oxygen atoms in total. The van der Waals surface area contributed by atoms with Crippen molar-refractivity contribution in [3.63, 3.8) is 0 Å². The fourth-order valence-corrected chi connectivity index (χ4v) is 4.38. The first kappa shape index (κ1) is 16.4. The van der Waals surface area contributed by atoms with Gasteiger partial charge in [-0.3, -0.25) is 0 Å². The van der Waals surface area contributed by atoms with E-state index >= 15 is 0 Å². The van der Waals surface area contributed by atoms with Crippen LogP contribution in [0.25, 0.3) is 0 Å². The zero-order chi connectivity index (χ0) is 17.4. The summed E-state index contributed by atoms with van der Waals surface area (Å²) in [5, 5.41) is 3.70. The predicted molar refractivity (Wildman–Crippen MR) is 103 cm³/mol. The van der Waals surface area contributed by atoms with Crippen LogP contribution in [0.2, 0.25) is 0 Å². The molecule has 2 aliphatic rings. The van der Waals surface area contributed by atoms with Crippen LogP contribution in [0.3, 0.4) is 0 Å². The van der Waals surface area contributed by atoms with Gasteiger partial charge in [-0.15, -0.1) is 0 Å². The zero-order valence-electron chi connectivity index (χ0n) is 14.0. The van der Waals surface area contributed by atoms with Gasteiger partial charge in [0.05, 0.1) is 18.2 Å². The van der Waals surface area contributed by atoms with Crippen molar-refractivity contribution in [2.45, 2.75) is 25.3 Å². The summed E-state index contributed by atoms with van der Waals surface area (Å²) >= 11 is 3.58. The summed E-state index contributed by atoms with van der Waals surface area (Å²) in [4.78, 5) is 12.1. The average molecular weight is 398 g/mol. The van der Waals surface area contributed by atoms with Crippen LogP contribution >= 0.6 is 15.9 Å². The van der Waals surface area contributed by atoms with Crippen LogP contribution in [0, 0.1) is 5.92 Å². The van der Waals surface area contributed by atoms with E-state index in [1.165, 1.54) is 11.1 Å². The molecule has 0 radical (unpaired) electrons. The van der Waals surface area contributed by atoms with Crippen molar-refractivity contribution in [3.05, 3.63) is 75.8 Å². The van der Waals surface area contributed by atoms with E-state index in [1.807, 2.05) is 25.1 Å². The maximum Gasteiger partial charge on any atom is 0.338 e. The molecule has 128 valence electrons. The van der Waals surface area contributed by atoms with E-state index in [0.717, 1.165) is 16.6 Å². The molecule has 0 aromatic heterocycles. The Morgan fingerprint density at radius 1 is 1.28 bits per heavy atom. The Balaban J connectivity index is 1.72. The van der Waals surface area contributed by atoms with Crippen molar-refractivity contribution in [2.75, 3.05) is 11.9 Å². The molecule has 25 heavy (non-hydrogen) atoms. The molecule has 0 spiro atoms. The third kappa shape index (κ3) is 2.99. The van der Waals surface area contributed by atoms with Gasteiger partial charge in [-0.05, 0) is 60.7 Å². The molecule has 1 aliphatic heterocycles. The first-order valence-corrected chi connectivity index (χ1v) is 9.46. The number of esters is 1. The van der Waals surface area contributed by atoms with Gasteiger partial charge in [0.25, 0.3) is 0 Å². The zero-order valence-corrected chi connectivity index (χ0v) is 15.6. The van der Waals surface area contributed by atoms with Crippen molar-refractivity contribution in [1.29, 1.82) is 0 Å². The Hall–Kier alpha value is -2.07. The van der Waals surface area contributed by atoms with Crippen LogP contribution in [-0.4, -0.2) is 12.6 Å². The molecule has 0 saturated carbocycles. The Kier molecular flexibility index (Phi) is 4.38. The summed E-state index contributed by atoms with van der Waals surface area (Å²) < 4.78 is 6.25. The third-order valence-electron chi connectivity index (χ3n) is 5.08. The number of ether oxygens (including phenoxy) is 1. The second kappa shape index (κ2) is 6.68. The smallest absolute Gasteiger partial charge is 0.338 e. The van der Waals surface area contributed by atoms with Crippen LogP contribution in [0.5, 0.6) is 0 Å². The molecule has 3 atom stereocenters. The van der Waals surface area contributed by atoms with Gasteiger partial charge >= 0.3 is 5.97 Å². The van der Waals surface area contributed by atoms with Crippen LogP contribution in [0.15, 0.2) is 59.1 Å². The number of nitrogens with one attached hydrogen (secondary N) is 1. The molecule has 0 bridgehead atoms. The minimum absolute atomic E-state index is 0.252. The fourth-order valence-electron chi connectivity index (χ4n) is 3.97. The summed E-state index contributed by atoms with van der Waals surface area (Å²) in [6.45, 7) is 2.22. The number of fused-ring (bicyclic) bond motifs is 3. The van der Waals surface area contributed by atoms with E-state index < -0.39 is 0 Å². The van der Waals surface area contributed by atoms with Crippen LogP contribution in [-0.2, 0) is 4.74 Å². The lowest BCUT2D eigenvalue weighted by Gasteiger charge is -2.37. The number of carbonyl (C=O) groups excluding carboxylic acids is 1. The molecule has 1 heterocycles. The number of hydrogen-bond donors (Lipinski definition) is 1. The SMILES string of the molecule is CCOC(=O)c1ccc2c(c1)[C@@H]1C=CC[C@@H]1[C@@H](c1cccc(Br)c1)N2. The summed E-state index contributed by atoms with van der Waals surface area (Å²) in [7, 11) is 0. The van der Waals surface area contributed by atoms with Gasteiger partial charge in [0.15, 0.2) is 0 Å². The van der Waals surface area contributed by atoms with E-state index in [-0.39, 0.29) is 12.0 Å². The van der Waals surface area contributed by atoms with E-state index in [9.17, 15) is 4.79 Å². The number of benzene rings is 2. The van der Waals surface area contributed by atoms with Crippen molar-refractivity contribution in [3.8, 4) is 0 Å². The van der Waals surface area contributed by atoms with Gasteiger partial charge in [-0.2, -0.15) is 0 Å². The van der Waals surface area contributed by atoms with E-state index in [0.29, 0.717) is 24.0 Å². The molecular weight excluding hydrogens is 378 g/mol. The largest absolute Gasteiger partial charge is 0.462 e. The van der Waals surface area contributed by atoms with E-state index in [2.05, 4.69) is 57.7 Å². The van der Waals surface area contributed by atoms with Crippen LogP contribution in [0.4, 0.5) is 5.69 Å². The van der Waals surface area contributed by atoms with E-state index in [4.69, 9.17) is 4.74 Å². The molecule has 2 aromatic rings. The number of hydrogen-bond acceptors (Lipinski definition) is 3. The van der Waals surface area contributed by atoms with Gasteiger partial charge in [0.1, 0.15) is 0 Å². The van der Waals surface area contributed by atoms with Crippen molar-refractivity contribution >= 4 is 27.6 Å². The highest BCUT2D eigenvalue weighted by Crippen LogP contribution is 2.50. The Morgan fingerprint density at radius 2 is 2.16 bits per heavy atom. The summed E-state index contributed by atoms with van der Waals surface area (Å²) in [5.74, 6) is 0.534. The summed E-state index contributed by atoms with van der Waals surface area (Å²) in [5.41, 5.74) is 4.21.